The van der Waals surface area contributed by atoms with Crippen LogP contribution in [-0.4, -0.2) is 10.9 Å². The van der Waals surface area contributed by atoms with Gasteiger partial charge in [-0.25, -0.2) is 0 Å². The molecule has 2 aliphatic rings. The molecule has 0 amide bonds. The number of fused-ring (bicyclic) bond motifs is 1. The van der Waals surface area contributed by atoms with Gasteiger partial charge in [-0.15, -0.1) is 0 Å². The Bertz CT molecular complexity index is 450. The third kappa shape index (κ3) is 1.90. The Morgan fingerprint density at radius 2 is 2.13 bits per heavy atom. The van der Waals surface area contributed by atoms with Crippen molar-refractivity contribution < 1.29 is 9.90 Å². The molecule has 0 radical (unpaired) electrons. The van der Waals surface area contributed by atoms with Crippen molar-refractivity contribution in [2.75, 3.05) is 0 Å². The zero-order chi connectivity index (χ0) is 11.0. The van der Waals surface area contributed by atoms with Gasteiger partial charge < -0.3 is 5.11 Å². The lowest BCUT2D eigenvalue weighted by Crippen LogP contribution is -2.08. The van der Waals surface area contributed by atoms with Crippen LogP contribution in [0.1, 0.15) is 19.8 Å². The number of ketones is 1. The van der Waals surface area contributed by atoms with Crippen LogP contribution >= 0.6 is 11.6 Å². The normalized spacial score (nSPS) is 21.5. The van der Waals surface area contributed by atoms with Crippen molar-refractivity contribution in [2.45, 2.75) is 19.8 Å². The maximum Gasteiger partial charge on any atom is 0.163 e. The molecular formula is C12H11ClO2. The molecule has 2 aliphatic carbocycles. The van der Waals surface area contributed by atoms with E-state index in [2.05, 4.69) is 0 Å². The van der Waals surface area contributed by atoms with Gasteiger partial charge in [-0.05, 0) is 25.0 Å². The van der Waals surface area contributed by atoms with Crippen molar-refractivity contribution in [2.24, 2.45) is 0 Å². The number of aliphatic hydroxyl groups excluding tert-OH is 1. The van der Waals surface area contributed by atoms with E-state index in [1.54, 1.807) is 6.08 Å². The summed E-state index contributed by atoms with van der Waals surface area (Å²) in [7, 11) is 0. The van der Waals surface area contributed by atoms with Gasteiger partial charge in [-0.1, -0.05) is 23.3 Å². The molecule has 3 heteroatoms. The van der Waals surface area contributed by atoms with Gasteiger partial charge in [0.05, 0.1) is 0 Å². The molecule has 0 bridgehead atoms. The van der Waals surface area contributed by atoms with E-state index < -0.39 is 0 Å². The van der Waals surface area contributed by atoms with E-state index in [1.165, 1.54) is 6.08 Å². The summed E-state index contributed by atoms with van der Waals surface area (Å²) in [5, 5.41) is 10.3. The molecule has 0 aromatic carbocycles. The van der Waals surface area contributed by atoms with Crippen molar-refractivity contribution in [3.8, 4) is 0 Å². The third-order valence-electron chi connectivity index (χ3n) is 2.62. The molecule has 0 aromatic heterocycles. The lowest BCUT2D eigenvalue weighted by Gasteiger charge is -2.14. The minimum atomic E-state index is -0.0634. The van der Waals surface area contributed by atoms with Crippen LogP contribution in [-0.2, 0) is 4.79 Å². The van der Waals surface area contributed by atoms with Crippen LogP contribution < -0.4 is 0 Å². The monoisotopic (exact) mass is 222 g/mol. The van der Waals surface area contributed by atoms with E-state index in [4.69, 9.17) is 11.6 Å². The molecule has 0 saturated carbocycles. The van der Waals surface area contributed by atoms with Gasteiger partial charge in [0.25, 0.3) is 0 Å². The Morgan fingerprint density at radius 3 is 2.87 bits per heavy atom. The fourth-order valence-corrected chi connectivity index (χ4v) is 1.89. The number of carbonyl (C=O) groups excluding carboxylic acids is 1. The first-order valence-electron chi connectivity index (χ1n) is 4.78. The van der Waals surface area contributed by atoms with Gasteiger partial charge in [-0.3, -0.25) is 4.79 Å². The minimum absolute atomic E-state index is 0.0188. The van der Waals surface area contributed by atoms with Crippen molar-refractivity contribution in [3.63, 3.8) is 0 Å². The molecule has 0 aromatic rings. The summed E-state index contributed by atoms with van der Waals surface area (Å²) in [4.78, 5) is 11.3. The molecule has 0 atom stereocenters. The van der Waals surface area contributed by atoms with Crippen LogP contribution in [0.25, 0.3) is 0 Å². The number of aliphatic hydroxyl groups is 1. The van der Waals surface area contributed by atoms with Gasteiger partial charge in [0, 0.05) is 23.1 Å². The first-order valence-corrected chi connectivity index (χ1v) is 5.16. The molecule has 0 fully saturated rings. The van der Waals surface area contributed by atoms with Gasteiger partial charge in [0.2, 0.25) is 0 Å². The lowest BCUT2D eigenvalue weighted by atomic mass is 9.92. The van der Waals surface area contributed by atoms with E-state index in [-0.39, 0.29) is 11.5 Å². The molecule has 0 saturated heterocycles. The summed E-state index contributed by atoms with van der Waals surface area (Å²) in [5.74, 6) is -0.0445. The average Bonchev–Trinajstić information content (AvgIpc) is 2.30. The molecule has 0 spiro atoms. The molecule has 0 heterocycles. The highest BCUT2D eigenvalue weighted by atomic mass is 35.5. The average molecular weight is 223 g/mol. The topological polar surface area (TPSA) is 37.3 Å². The summed E-state index contributed by atoms with van der Waals surface area (Å²) in [6.07, 6.45) is 6.03. The molecule has 0 unspecified atom stereocenters. The van der Waals surface area contributed by atoms with Gasteiger partial charge in [-0.2, -0.15) is 0 Å². The standard InChI is InChI=1S/C12H11ClO2/c1-7-2-3-8-4-9(14)5-12(15)10(8)6-11(7)13/h3,5-6,15H,2,4H2,1H3. The lowest BCUT2D eigenvalue weighted by molar-refractivity contribution is -0.114. The van der Waals surface area contributed by atoms with E-state index in [1.807, 2.05) is 13.0 Å². The quantitative estimate of drug-likeness (QED) is 0.684. The second-order valence-corrected chi connectivity index (χ2v) is 4.20. The van der Waals surface area contributed by atoms with Crippen molar-refractivity contribution in [3.05, 3.63) is 45.7 Å². The number of hydrogen-bond donors (Lipinski definition) is 1. The zero-order valence-electron chi connectivity index (χ0n) is 8.38. The van der Waals surface area contributed by atoms with Crippen LogP contribution in [0.3, 0.4) is 0 Å². The number of allylic oxidation sites excluding steroid dienone is 6. The fourth-order valence-electron chi connectivity index (χ4n) is 1.70. The second-order valence-electron chi connectivity index (χ2n) is 3.79. The van der Waals surface area contributed by atoms with E-state index in [0.29, 0.717) is 17.0 Å². The van der Waals surface area contributed by atoms with E-state index in [0.717, 1.165) is 17.6 Å². The predicted octanol–water partition coefficient (Wildman–Crippen LogP) is 3.17. The first kappa shape index (κ1) is 10.2. The highest BCUT2D eigenvalue weighted by molar-refractivity contribution is 6.31. The van der Waals surface area contributed by atoms with Crippen LogP contribution in [0.2, 0.25) is 0 Å². The van der Waals surface area contributed by atoms with Gasteiger partial charge >= 0.3 is 0 Å². The number of halogens is 1. The Hall–Kier alpha value is -1.28. The first-order chi connectivity index (χ1) is 7.08. The molecule has 15 heavy (non-hydrogen) atoms. The van der Waals surface area contributed by atoms with Crippen LogP contribution in [0.15, 0.2) is 45.7 Å². The number of hydrogen-bond acceptors (Lipinski definition) is 2. The highest BCUT2D eigenvalue weighted by Crippen LogP contribution is 2.32. The second kappa shape index (κ2) is 3.70. The molecule has 1 N–H and O–H groups in total. The summed E-state index contributed by atoms with van der Waals surface area (Å²) in [6, 6.07) is 0. The van der Waals surface area contributed by atoms with Crippen molar-refractivity contribution in [1.29, 1.82) is 0 Å². The summed E-state index contributed by atoms with van der Waals surface area (Å²) < 4.78 is 0. The molecule has 2 rings (SSSR count). The van der Waals surface area contributed by atoms with Crippen LogP contribution in [0.5, 0.6) is 0 Å². The van der Waals surface area contributed by atoms with Crippen LogP contribution in [0.4, 0.5) is 0 Å². The van der Waals surface area contributed by atoms with E-state index >= 15 is 0 Å². The Morgan fingerprint density at radius 1 is 1.40 bits per heavy atom. The Balaban J connectivity index is 2.53. The number of rotatable bonds is 0. The predicted molar refractivity (Wildman–Crippen MR) is 59.7 cm³/mol. The number of carbonyl (C=O) groups is 1. The molecule has 2 nitrogen and oxygen atoms in total. The van der Waals surface area contributed by atoms with Crippen LogP contribution in [0, 0.1) is 0 Å². The minimum Gasteiger partial charge on any atom is -0.507 e. The summed E-state index contributed by atoms with van der Waals surface area (Å²) in [6.45, 7) is 1.94. The summed E-state index contributed by atoms with van der Waals surface area (Å²) >= 11 is 6.04. The summed E-state index contributed by atoms with van der Waals surface area (Å²) in [5.41, 5.74) is 2.60. The third-order valence-corrected chi connectivity index (χ3v) is 3.05. The van der Waals surface area contributed by atoms with Crippen molar-refractivity contribution in [1.82, 2.24) is 0 Å². The van der Waals surface area contributed by atoms with Gasteiger partial charge in [0.1, 0.15) is 5.76 Å². The maximum absolute atomic E-state index is 11.3. The maximum atomic E-state index is 11.3. The zero-order valence-corrected chi connectivity index (χ0v) is 9.14. The van der Waals surface area contributed by atoms with Gasteiger partial charge in [0.15, 0.2) is 5.78 Å². The molecular weight excluding hydrogens is 212 g/mol. The largest absolute Gasteiger partial charge is 0.507 e. The Labute approximate surface area is 93.2 Å². The van der Waals surface area contributed by atoms with E-state index in [9.17, 15) is 9.90 Å². The highest BCUT2D eigenvalue weighted by Gasteiger charge is 2.21. The SMILES string of the molecule is CC1=C(Cl)C=C2C(O)=CC(=O)CC2=CC1. The smallest absolute Gasteiger partial charge is 0.163 e. The fraction of sp³-hybridized carbons (Fsp3) is 0.250. The van der Waals surface area contributed by atoms with Crippen molar-refractivity contribution >= 4 is 17.4 Å². The Kier molecular flexibility index (Phi) is 2.53. The molecule has 78 valence electrons. The molecule has 0 aliphatic heterocycles.